The third-order valence-electron chi connectivity index (χ3n) is 4.67. The molecular weight excluding hydrogens is 396 g/mol. The van der Waals surface area contributed by atoms with E-state index in [9.17, 15) is 14.4 Å². The van der Waals surface area contributed by atoms with Crippen LogP contribution in [0.2, 0.25) is 0 Å². The number of benzene rings is 2. The first-order chi connectivity index (χ1) is 15.0. The molecule has 0 unspecified atom stereocenters. The van der Waals surface area contributed by atoms with Crippen molar-refractivity contribution in [2.45, 2.75) is 32.7 Å². The van der Waals surface area contributed by atoms with Crippen LogP contribution in [0.3, 0.4) is 0 Å². The van der Waals surface area contributed by atoms with Crippen LogP contribution in [0.1, 0.15) is 42.2 Å². The summed E-state index contributed by atoms with van der Waals surface area (Å²) in [6, 6.07) is 15.0. The molecule has 1 aromatic heterocycles. The molecule has 2 aromatic carbocycles. The molecule has 0 aliphatic carbocycles. The Morgan fingerprint density at radius 2 is 1.81 bits per heavy atom. The van der Waals surface area contributed by atoms with Gasteiger partial charge in [0.15, 0.2) is 12.3 Å². The molecule has 8 nitrogen and oxygen atoms in total. The van der Waals surface area contributed by atoms with Crippen molar-refractivity contribution in [3.8, 4) is 6.07 Å². The van der Waals surface area contributed by atoms with E-state index in [0.717, 1.165) is 19.3 Å². The molecule has 31 heavy (non-hydrogen) atoms. The number of nitrogens with zero attached hydrogens (tertiary/aromatic N) is 3. The zero-order valence-electron chi connectivity index (χ0n) is 17.1. The van der Waals surface area contributed by atoms with E-state index < -0.39 is 18.5 Å². The van der Waals surface area contributed by atoms with Gasteiger partial charge in [0.05, 0.1) is 17.0 Å². The molecule has 0 saturated carbocycles. The number of carbonyl (C=O) groups is 2. The van der Waals surface area contributed by atoms with Gasteiger partial charge in [-0.15, -0.1) is 0 Å². The van der Waals surface area contributed by atoms with Crippen molar-refractivity contribution in [1.82, 2.24) is 9.78 Å². The number of nitriles is 1. The zero-order chi connectivity index (χ0) is 22.2. The van der Waals surface area contributed by atoms with E-state index in [-0.39, 0.29) is 11.3 Å². The van der Waals surface area contributed by atoms with Gasteiger partial charge in [-0.3, -0.25) is 9.59 Å². The Morgan fingerprint density at radius 3 is 2.48 bits per heavy atom. The molecule has 3 aromatic rings. The molecule has 8 heteroatoms. The van der Waals surface area contributed by atoms with Crippen LogP contribution < -0.4 is 10.9 Å². The molecule has 0 fully saturated rings. The molecule has 158 valence electrons. The van der Waals surface area contributed by atoms with Crippen molar-refractivity contribution in [1.29, 1.82) is 5.26 Å². The van der Waals surface area contributed by atoms with E-state index in [0.29, 0.717) is 28.6 Å². The van der Waals surface area contributed by atoms with Crippen LogP contribution in [0.15, 0.2) is 53.3 Å². The normalized spacial score (nSPS) is 10.5. The summed E-state index contributed by atoms with van der Waals surface area (Å²) in [5.41, 5.74) is 0.684. The van der Waals surface area contributed by atoms with Gasteiger partial charge < -0.3 is 10.1 Å². The summed E-state index contributed by atoms with van der Waals surface area (Å²) in [7, 11) is 0. The first kappa shape index (κ1) is 21.7. The van der Waals surface area contributed by atoms with Crippen molar-refractivity contribution >= 4 is 28.3 Å². The summed E-state index contributed by atoms with van der Waals surface area (Å²) < 4.78 is 6.44. The highest BCUT2D eigenvalue weighted by atomic mass is 16.5. The average molecular weight is 418 g/mol. The van der Waals surface area contributed by atoms with Gasteiger partial charge >= 0.3 is 5.97 Å². The average Bonchev–Trinajstić information content (AvgIpc) is 2.79. The van der Waals surface area contributed by atoms with E-state index in [2.05, 4.69) is 17.3 Å². The number of fused-ring (bicyclic) bond motifs is 1. The number of hydrogen-bond acceptors (Lipinski definition) is 6. The van der Waals surface area contributed by atoms with Crippen LogP contribution in [0.25, 0.3) is 10.8 Å². The predicted molar refractivity (Wildman–Crippen MR) is 116 cm³/mol. The zero-order valence-corrected chi connectivity index (χ0v) is 17.1. The number of anilines is 1. The van der Waals surface area contributed by atoms with Crippen molar-refractivity contribution in [3.05, 3.63) is 70.1 Å². The number of aryl methyl sites for hydroxylation is 1. The van der Waals surface area contributed by atoms with E-state index in [1.54, 1.807) is 48.5 Å². The van der Waals surface area contributed by atoms with Gasteiger partial charge in [0.25, 0.3) is 11.5 Å². The van der Waals surface area contributed by atoms with Crippen molar-refractivity contribution in [3.63, 3.8) is 0 Å². The number of amides is 1. The van der Waals surface area contributed by atoms with E-state index in [4.69, 9.17) is 10.00 Å². The maximum absolute atomic E-state index is 12.7. The molecule has 1 amide bonds. The summed E-state index contributed by atoms with van der Waals surface area (Å²) >= 11 is 0. The minimum atomic E-state index is -0.782. The molecule has 1 N–H and O–H groups in total. The Morgan fingerprint density at radius 1 is 1.10 bits per heavy atom. The fraction of sp³-hybridized carbons (Fsp3) is 0.261. The highest BCUT2D eigenvalue weighted by molar-refractivity contribution is 6.03. The molecule has 0 aliphatic rings. The van der Waals surface area contributed by atoms with Crippen molar-refractivity contribution in [2.24, 2.45) is 0 Å². The molecule has 1 heterocycles. The number of nitrogens with one attached hydrogen (secondary N) is 1. The van der Waals surface area contributed by atoms with E-state index in [1.165, 1.54) is 4.68 Å². The molecule has 0 spiro atoms. The smallest absolute Gasteiger partial charge is 0.359 e. The van der Waals surface area contributed by atoms with Gasteiger partial charge in [0.1, 0.15) is 0 Å². The summed E-state index contributed by atoms with van der Waals surface area (Å²) in [5.74, 6) is -1.31. The van der Waals surface area contributed by atoms with Gasteiger partial charge in [-0.2, -0.15) is 10.4 Å². The predicted octanol–water partition coefficient (Wildman–Crippen LogP) is 3.25. The number of hydrogen-bond donors (Lipinski definition) is 1. The van der Waals surface area contributed by atoms with Gasteiger partial charge in [-0.1, -0.05) is 38.0 Å². The molecule has 0 radical (unpaired) electrons. The molecular formula is C23H22N4O4. The standard InChI is InChI=1S/C23H22N4O4/c1-2-3-6-13-27-22(29)19-8-5-4-7-18(19)21(26-27)23(30)31-15-20(28)25-17-11-9-16(14-24)10-12-17/h4-5,7-12H,2-3,6,13,15H2,1H3,(H,25,28). The largest absolute Gasteiger partial charge is 0.451 e. The fourth-order valence-corrected chi connectivity index (χ4v) is 3.07. The molecule has 0 bridgehead atoms. The number of carbonyl (C=O) groups excluding carboxylic acids is 2. The highest BCUT2D eigenvalue weighted by Crippen LogP contribution is 2.15. The minimum absolute atomic E-state index is 0.00197. The summed E-state index contributed by atoms with van der Waals surface area (Å²) in [6.45, 7) is 1.95. The van der Waals surface area contributed by atoms with Crippen LogP contribution in [-0.2, 0) is 16.1 Å². The Bertz CT molecular complexity index is 1190. The monoisotopic (exact) mass is 418 g/mol. The number of aromatic nitrogens is 2. The second-order valence-electron chi connectivity index (χ2n) is 6.94. The second kappa shape index (κ2) is 10.2. The number of ether oxygens (including phenoxy) is 1. The van der Waals surface area contributed by atoms with Crippen LogP contribution in [0.5, 0.6) is 0 Å². The Kier molecular flexibility index (Phi) is 7.12. The molecule has 0 aliphatic heterocycles. The van der Waals surface area contributed by atoms with Crippen molar-refractivity contribution in [2.75, 3.05) is 11.9 Å². The highest BCUT2D eigenvalue weighted by Gasteiger charge is 2.19. The summed E-state index contributed by atoms with van der Waals surface area (Å²) in [5, 5.41) is 16.4. The maximum Gasteiger partial charge on any atom is 0.359 e. The summed E-state index contributed by atoms with van der Waals surface area (Å²) in [6.07, 6.45) is 2.70. The van der Waals surface area contributed by atoms with Crippen LogP contribution in [0, 0.1) is 11.3 Å². The lowest BCUT2D eigenvalue weighted by Gasteiger charge is -2.11. The SMILES string of the molecule is CCCCCn1nc(C(=O)OCC(=O)Nc2ccc(C#N)cc2)c2ccccc2c1=O. The lowest BCUT2D eigenvalue weighted by atomic mass is 10.1. The Hall–Kier alpha value is -3.99. The lowest BCUT2D eigenvalue weighted by Crippen LogP contribution is -2.28. The van der Waals surface area contributed by atoms with E-state index in [1.807, 2.05) is 6.07 Å². The molecule has 0 saturated heterocycles. The second-order valence-corrected chi connectivity index (χ2v) is 6.94. The minimum Gasteiger partial charge on any atom is -0.451 e. The topological polar surface area (TPSA) is 114 Å². The number of unbranched alkanes of at least 4 members (excludes halogenated alkanes) is 2. The van der Waals surface area contributed by atoms with Crippen molar-refractivity contribution < 1.29 is 14.3 Å². The van der Waals surface area contributed by atoms with Gasteiger partial charge in [0, 0.05) is 17.6 Å². The quantitative estimate of drug-likeness (QED) is 0.444. The van der Waals surface area contributed by atoms with Gasteiger partial charge in [-0.05, 0) is 36.8 Å². The number of rotatable bonds is 8. The van der Waals surface area contributed by atoms with Crippen LogP contribution in [0.4, 0.5) is 5.69 Å². The van der Waals surface area contributed by atoms with Crippen LogP contribution in [-0.4, -0.2) is 28.3 Å². The Balaban J connectivity index is 1.74. The molecule has 3 rings (SSSR count). The first-order valence-corrected chi connectivity index (χ1v) is 10.0. The fourth-order valence-electron chi connectivity index (χ4n) is 3.07. The first-order valence-electron chi connectivity index (χ1n) is 10.0. The molecule has 0 atom stereocenters. The summed E-state index contributed by atoms with van der Waals surface area (Å²) in [4.78, 5) is 37.5. The maximum atomic E-state index is 12.7. The van der Waals surface area contributed by atoms with Gasteiger partial charge in [-0.25, -0.2) is 9.48 Å². The third kappa shape index (κ3) is 5.34. The number of esters is 1. The van der Waals surface area contributed by atoms with Crippen LogP contribution >= 0.6 is 0 Å². The third-order valence-corrected chi connectivity index (χ3v) is 4.67. The van der Waals surface area contributed by atoms with Gasteiger partial charge in [0.2, 0.25) is 0 Å². The Labute approximate surface area is 179 Å². The van der Waals surface area contributed by atoms with E-state index >= 15 is 0 Å². The lowest BCUT2D eigenvalue weighted by molar-refractivity contribution is -0.119.